The molecule has 0 bridgehead atoms. The Labute approximate surface area is 190 Å². The van der Waals surface area contributed by atoms with Crippen molar-refractivity contribution in [2.75, 3.05) is 11.9 Å². The summed E-state index contributed by atoms with van der Waals surface area (Å²) in [5, 5.41) is 8.59. The van der Waals surface area contributed by atoms with Crippen molar-refractivity contribution in [3.05, 3.63) is 82.7 Å². The number of alkyl carbamates (subject to hydrolysis) is 1. The maximum absolute atomic E-state index is 13.3. The number of rotatable bonds is 8. The molecule has 10 heteroatoms. The van der Waals surface area contributed by atoms with Gasteiger partial charge in [0.25, 0.3) is 11.5 Å². The summed E-state index contributed by atoms with van der Waals surface area (Å²) < 4.78 is 6.69. The number of nitrogens with zero attached hydrogens (tertiary/aromatic N) is 3. The molecule has 3 aromatic rings. The van der Waals surface area contributed by atoms with Crippen LogP contribution < -0.4 is 21.5 Å². The van der Waals surface area contributed by atoms with Gasteiger partial charge in [-0.05, 0) is 30.2 Å². The zero-order valence-corrected chi connectivity index (χ0v) is 18.1. The van der Waals surface area contributed by atoms with Gasteiger partial charge < -0.3 is 20.7 Å². The monoisotopic (exact) mass is 448 g/mol. The van der Waals surface area contributed by atoms with Crippen molar-refractivity contribution < 1.29 is 14.3 Å². The van der Waals surface area contributed by atoms with Crippen LogP contribution in [-0.2, 0) is 17.0 Å². The zero-order valence-electron chi connectivity index (χ0n) is 18.1. The van der Waals surface area contributed by atoms with Crippen LogP contribution in [0.2, 0.25) is 0 Å². The number of carbonyl (C=O) groups is 2. The second-order valence-electron chi connectivity index (χ2n) is 7.57. The minimum Gasteiger partial charge on any atom is -0.445 e. The molecule has 10 nitrogen and oxygen atoms in total. The Hall–Kier alpha value is -4.21. The van der Waals surface area contributed by atoms with Crippen LogP contribution in [0.4, 0.5) is 16.3 Å². The number of fused-ring (bicyclic) bond motifs is 1. The number of pyridine rings is 1. The van der Waals surface area contributed by atoms with E-state index in [0.29, 0.717) is 18.7 Å². The van der Waals surface area contributed by atoms with E-state index in [2.05, 4.69) is 25.9 Å². The Kier molecular flexibility index (Phi) is 6.34. The molecule has 33 heavy (non-hydrogen) atoms. The molecule has 3 N–H and O–H groups in total. The second-order valence-corrected chi connectivity index (χ2v) is 7.57. The average Bonchev–Trinajstić information content (AvgIpc) is 3.13. The number of carbonyl (C=O) groups excluding carboxylic acids is 2. The van der Waals surface area contributed by atoms with E-state index in [1.165, 1.54) is 10.9 Å². The van der Waals surface area contributed by atoms with Crippen molar-refractivity contribution >= 4 is 23.5 Å². The number of benzene rings is 1. The zero-order chi connectivity index (χ0) is 23.3. The highest BCUT2D eigenvalue weighted by molar-refractivity contribution is 5.95. The number of amides is 2. The minimum atomic E-state index is -0.973. The molecule has 3 heterocycles. The lowest BCUT2D eigenvalue weighted by Crippen LogP contribution is -2.49. The summed E-state index contributed by atoms with van der Waals surface area (Å²) in [5.74, 6) is 0.124. The molecule has 0 fully saturated rings. The van der Waals surface area contributed by atoms with E-state index in [1.54, 1.807) is 24.4 Å². The van der Waals surface area contributed by atoms with E-state index in [1.807, 2.05) is 37.3 Å². The van der Waals surface area contributed by atoms with Crippen molar-refractivity contribution in [3.63, 3.8) is 0 Å². The molecule has 1 aliphatic rings. The molecule has 4 rings (SSSR count). The number of aromatic nitrogens is 3. The molecule has 0 saturated carbocycles. The van der Waals surface area contributed by atoms with Gasteiger partial charge in [0.2, 0.25) is 0 Å². The van der Waals surface area contributed by atoms with Crippen molar-refractivity contribution in [1.29, 1.82) is 0 Å². The first-order valence-electron chi connectivity index (χ1n) is 10.6. The predicted molar refractivity (Wildman–Crippen MR) is 121 cm³/mol. The molecule has 0 saturated heterocycles. The van der Waals surface area contributed by atoms with Crippen LogP contribution >= 0.6 is 0 Å². The summed E-state index contributed by atoms with van der Waals surface area (Å²) in [7, 11) is 0. The van der Waals surface area contributed by atoms with Gasteiger partial charge in [-0.2, -0.15) is 0 Å². The number of anilines is 2. The van der Waals surface area contributed by atoms with Gasteiger partial charge in [0.05, 0.1) is 0 Å². The van der Waals surface area contributed by atoms with Crippen LogP contribution in [0.5, 0.6) is 0 Å². The Bertz CT molecular complexity index is 1200. The average molecular weight is 448 g/mol. The van der Waals surface area contributed by atoms with Crippen LogP contribution in [-0.4, -0.2) is 33.1 Å². The molecule has 0 aliphatic carbocycles. The Balaban J connectivity index is 1.47. The smallest absolute Gasteiger partial charge is 0.407 e. The van der Waals surface area contributed by atoms with E-state index < -0.39 is 11.8 Å². The third-order valence-corrected chi connectivity index (χ3v) is 5.54. The van der Waals surface area contributed by atoms with Gasteiger partial charge in [-0.3, -0.25) is 14.2 Å². The first-order valence-corrected chi connectivity index (χ1v) is 10.6. The molecular formula is C23H24N6O4. The SMILES string of the molecule is CCC1(CCNC(=O)OCc2ccccc2)NC(=O)c2ccc(Nc3ccncn3)c(=O)n21. The fraction of sp³-hybridized carbons (Fsp3) is 0.261. The summed E-state index contributed by atoms with van der Waals surface area (Å²) in [6.07, 6.45) is 3.12. The van der Waals surface area contributed by atoms with Crippen molar-refractivity contribution in [2.24, 2.45) is 0 Å². The van der Waals surface area contributed by atoms with Crippen molar-refractivity contribution in [3.8, 4) is 0 Å². The fourth-order valence-corrected chi connectivity index (χ4v) is 3.81. The summed E-state index contributed by atoms with van der Waals surface area (Å²) in [4.78, 5) is 45.9. The lowest BCUT2D eigenvalue weighted by molar-refractivity contribution is 0.0905. The van der Waals surface area contributed by atoms with E-state index in [-0.39, 0.29) is 36.0 Å². The van der Waals surface area contributed by atoms with Gasteiger partial charge in [0.1, 0.15) is 35.8 Å². The Morgan fingerprint density at radius 1 is 1.15 bits per heavy atom. The number of hydrogen-bond donors (Lipinski definition) is 3. The molecular weight excluding hydrogens is 424 g/mol. The van der Waals surface area contributed by atoms with Gasteiger partial charge in [0.15, 0.2) is 0 Å². The number of nitrogens with one attached hydrogen (secondary N) is 3. The van der Waals surface area contributed by atoms with Gasteiger partial charge in [-0.1, -0.05) is 37.3 Å². The van der Waals surface area contributed by atoms with Gasteiger partial charge in [-0.15, -0.1) is 0 Å². The van der Waals surface area contributed by atoms with E-state index in [9.17, 15) is 14.4 Å². The normalized spacial score (nSPS) is 16.6. The third-order valence-electron chi connectivity index (χ3n) is 5.54. The Morgan fingerprint density at radius 3 is 2.70 bits per heavy atom. The molecule has 1 unspecified atom stereocenters. The number of hydrogen-bond acceptors (Lipinski definition) is 7. The minimum absolute atomic E-state index is 0.155. The van der Waals surface area contributed by atoms with Crippen LogP contribution in [0.25, 0.3) is 0 Å². The third kappa shape index (κ3) is 4.69. The van der Waals surface area contributed by atoms with Crippen LogP contribution in [0, 0.1) is 0 Å². The number of ether oxygens (including phenoxy) is 1. The molecule has 170 valence electrons. The first kappa shape index (κ1) is 22.0. The van der Waals surface area contributed by atoms with Crippen LogP contribution in [0.1, 0.15) is 35.8 Å². The topological polar surface area (TPSA) is 127 Å². The lowest BCUT2D eigenvalue weighted by atomic mass is 10.0. The lowest BCUT2D eigenvalue weighted by Gasteiger charge is -2.30. The fourth-order valence-electron chi connectivity index (χ4n) is 3.81. The Morgan fingerprint density at radius 2 is 1.97 bits per heavy atom. The van der Waals surface area contributed by atoms with Crippen LogP contribution in [0.3, 0.4) is 0 Å². The molecule has 2 amide bonds. The molecule has 1 aromatic carbocycles. The molecule has 1 atom stereocenters. The predicted octanol–water partition coefficient (Wildman–Crippen LogP) is 2.50. The van der Waals surface area contributed by atoms with Crippen molar-refractivity contribution in [2.45, 2.75) is 32.0 Å². The highest BCUT2D eigenvalue weighted by Crippen LogP contribution is 2.29. The summed E-state index contributed by atoms with van der Waals surface area (Å²) in [6.45, 7) is 2.24. The largest absolute Gasteiger partial charge is 0.445 e. The molecule has 1 aliphatic heterocycles. The summed E-state index contributed by atoms with van der Waals surface area (Å²) >= 11 is 0. The van der Waals surface area contributed by atoms with Crippen LogP contribution in [0.15, 0.2) is 65.8 Å². The van der Waals surface area contributed by atoms with Crippen molar-refractivity contribution in [1.82, 2.24) is 25.2 Å². The second kappa shape index (κ2) is 9.51. The molecule has 0 spiro atoms. The van der Waals surface area contributed by atoms with Gasteiger partial charge in [-0.25, -0.2) is 14.8 Å². The highest BCUT2D eigenvalue weighted by atomic mass is 16.5. The standard InChI is InChI=1S/C23H24N6O4/c1-2-23(11-13-25-22(32)33-14-16-6-4-3-5-7-16)28-20(30)18-9-8-17(21(31)29(18)23)27-19-10-12-24-15-26-19/h3-10,12,15H,2,11,13-14H2,1H3,(H,25,32)(H,28,30)(H,24,26,27). The summed E-state index contributed by atoms with van der Waals surface area (Å²) in [5.41, 5.74) is 0.0891. The highest BCUT2D eigenvalue weighted by Gasteiger charge is 2.42. The summed E-state index contributed by atoms with van der Waals surface area (Å²) in [6, 6.07) is 14.1. The van der Waals surface area contributed by atoms with Gasteiger partial charge >= 0.3 is 6.09 Å². The first-order chi connectivity index (χ1) is 16.0. The van der Waals surface area contributed by atoms with Gasteiger partial charge in [0, 0.05) is 19.2 Å². The van der Waals surface area contributed by atoms with E-state index >= 15 is 0 Å². The maximum Gasteiger partial charge on any atom is 0.407 e. The van der Waals surface area contributed by atoms with E-state index in [0.717, 1.165) is 5.56 Å². The molecule has 2 aromatic heterocycles. The maximum atomic E-state index is 13.3. The molecule has 0 radical (unpaired) electrons. The van der Waals surface area contributed by atoms with E-state index in [4.69, 9.17) is 4.74 Å². The quantitative estimate of drug-likeness (QED) is 0.483.